The van der Waals surface area contributed by atoms with Gasteiger partial charge in [0, 0.05) is 0 Å². The number of nitriles is 1. The van der Waals surface area contributed by atoms with Crippen molar-refractivity contribution in [2.75, 3.05) is 0 Å². The molecule has 1 atom stereocenters. The molecule has 1 saturated carbocycles. The second kappa shape index (κ2) is 3.23. The predicted molar refractivity (Wildman–Crippen MR) is 44.8 cm³/mol. The molecule has 0 radical (unpaired) electrons. The van der Waals surface area contributed by atoms with E-state index in [0.29, 0.717) is 5.92 Å². The number of hydrogen-bond donors (Lipinski definition) is 1. The van der Waals surface area contributed by atoms with E-state index >= 15 is 0 Å². The third-order valence-electron chi connectivity index (χ3n) is 2.44. The SMILES string of the molecule is CC(N)(C#N)CC1CCCC1. The van der Waals surface area contributed by atoms with Crippen LogP contribution in [0, 0.1) is 17.2 Å². The summed E-state index contributed by atoms with van der Waals surface area (Å²) in [5.74, 6) is 0.713. The van der Waals surface area contributed by atoms with Gasteiger partial charge in [0.2, 0.25) is 0 Å². The fourth-order valence-electron chi connectivity index (χ4n) is 1.86. The van der Waals surface area contributed by atoms with Crippen LogP contribution in [0.3, 0.4) is 0 Å². The van der Waals surface area contributed by atoms with Gasteiger partial charge in [0.1, 0.15) is 5.54 Å². The van der Waals surface area contributed by atoms with Crippen LogP contribution >= 0.6 is 0 Å². The molecule has 62 valence electrons. The Bertz CT molecular complexity index is 161. The molecule has 0 heterocycles. The molecule has 1 rings (SSSR count). The summed E-state index contributed by atoms with van der Waals surface area (Å²) >= 11 is 0. The number of hydrogen-bond acceptors (Lipinski definition) is 2. The number of rotatable bonds is 2. The molecule has 1 fully saturated rings. The minimum atomic E-state index is -0.588. The van der Waals surface area contributed by atoms with Crippen molar-refractivity contribution in [3.63, 3.8) is 0 Å². The second-order valence-electron chi connectivity index (χ2n) is 3.88. The highest BCUT2D eigenvalue weighted by atomic mass is 14.7. The molecule has 0 bridgehead atoms. The van der Waals surface area contributed by atoms with Crippen LogP contribution in [0.5, 0.6) is 0 Å². The van der Waals surface area contributed by atoms with Crippen LogP contribution in [0.1, 0.15) is 39.0 Å². The molecule has 0 spiro atoms. The molecule has 1 unspecified atom stereocenters. The maximum Gasteiger partial charge on any atom is 0.101 e. The van der Waals surface area contributed by atoms with E-state index in [-0.39, 0.29) is 0 Å². The monoisotopic (exact) mass is 152 g/mol. The van der Waals surface area contributed by atoms with Gasteiger partial charge in [-0.05, 0) is 19.3 Å². The summed E-state index contributed by atoms with van der Waals surface area (Å²) in [6.07, 6.45) is 6.07. The first-order valence-corrected chi connectivity index (χ1v) is 4.34. The van der Waals surface area contributed by atoms with Gasteiger partial charge in [-0.15, -0.1) is 0 Å². The molecule has 0 aromatic carbocycles. The summed E-state index contributed by atoms with van der Waals surface area (Å²) in [6, 6.07) is 2.15. The summed E-state index contributed by atoms with van der Waals surface area (Å²) in [5, 5.41) is 8.68. The molecule has 1 aliphatic rings. The van der Waals surface area contributed by atoms with Gasteiger partial charge in [0.25, 0.3) is 0 Å². The van der Waals surface area contributed by atoms with E-state index in [1.54, 1.807) is 0 Å². The zero-order chi connectivity index (χ0) is 8.32. The zero-order valence-corrected chi connectivity index (χ0v) is 7.14. The van der Waals surface area contributed by atoms with Gasteiger partial charge in [-0.1, -0.05) is 25.7 Å². The lowest BCUT2D eigenvalue weighted by atomic mass is 9.90. The summed E-state index contributed by atoms with van der Waals surface area (Å²) in [5.41, 5.74) is 5.15. The molecule has 0 aliphatic heterocycles. The smallest absolute Gasteiger partial charge is 0.101 e. The average Bonchev–Trinajstić information content (AvgIpc) is 2.39. The van der Waals surface area contributed by atoms with Crippen LogP contribution in [-0.4, -0.2) is 5.54 Å². The standard InChI is InChI=1S/C9H16N2/c1-9(11,7-10)6-8-4-2-3-5-8/h8H,2-6,11H2,1H3. The lowest BCUT2D eigenvalue weighted by molar-refractivity contribution is 0.404. The van der Waals surface area contributed by atoms with E-state index in [9.17, 15) is 0 Å². The van der Waals surface area contributed by atoms with Crippen molar-refractivity contribution in [3.05, 3.63) is 0 Å². The van der Waals surface area contributed by atoms with Crippen molar-refractivity contribution in [2.45, 2.75) is 44.6 Å². The van der Waals surface area contributed by atoms with Gasteiger partial charge in [0.15, 0.2) is 0 Å². The van der Waals surface area contributed by atoms with Gasteiger partial charge >= 0.3 is 0 Å². The molecular formula is C9H16N2. The van der Waals surface area contributed by atoms with Crippen molar-refractivity contribution < 1.29 is 0 Å². The van der Waals surface area contributed by atoms with E-state index in [1.165, 1.54) is 25.7 Å². The van der Waals surface area contributed by atoms with E-state index in [2.05, 4.69) is 6.07 Å². The van der Waals surface area contributed by atoms with Crippen LogP contribution < -0.4 is 5.73 Å². The topological polar surface area (TPSA) is 49.8 Å². The Hall–Kier alpha value is -0.550. The highest BCUT2D eigenvalue weighted by Gasteiger charge is 2.25. The Morgan fingerprint density at radius 1 is 1.55 bits per heavy atom. The minimum absolute atomic E-state index is 0.588. The number of nitrogens with zero attached hydrogens (tertiary/aromatic N) is 1. The fourth-order valence-corrected chi connectivity index (χ4v) is 1.86. The van der Waals surface area contributed by atoms with Gasteiger partial charge in [0.05, 0.1) is 6.07 Å². The highest BCUT2D eigenvalue weighted by Crippen LogP contribution is 2.30. The van der Waals surface area contributed by atoms with Crippen molar-refractivity contribution >= 4 is 0 Å². The molecule has 2 nitrogen and oxygen atoms in total. The van der Waals surface area contributed by atoms with Crippen molar-refractivity contribution in [2.24, 2.45) is 11.7 Å². The maximum atomic E-state index is 8.68. The molecule has 2 N–H and O–H groups in total. The summed E-state index contributed by atoms with van der Waals surface area (Å²) in [6.45, 7) is 1.82. The van der Waals surface area contributed by atoms with Gasteiger partial charge in [-0.3, -0.25) is 0 Å². The number of nitrogens with two attached hydrogens (primary N) is 1. The second-order valence-corrected chi connectivity index (χ2v) is 3.88. The first kappa shape index (κ1) is 8.55. The third kappa shape index (κ3) is 2.51. The normalized spacial score (nSPS) is 24.5. The first-order chi connectivity index (χ1) is 5.14. The minimum Gasteiger partial charge on any atom is -0.314 e. The maximum absolute atomic E-state index is 8.68. The Morgan fingerprint density at radius 2 is 2.09 bits per heavy atom. The van der Waals surface area contributed by atoms with Gasteiger partial charge < -0.3 is 5.73 Å². The Kier molecular flexibility index (Phi) is 2.51. The molecule has 11 heavy (non-hydrogen) atoms. The van der Waals surface area contributed by atoms with Gasteiger partial charge in [-0.25, -0.2) is 0 Å². The molecule has 0 saturated heterocycles. The third-order valence-corrected chi connectivity index (χ3v) is 2.44. The van der Waals surface area contributed by atoms with E-state index < -0.39 is 5.54 Å². The fraction of sp³-hybridized carbons (Fsp3) is 0.889. The Labute approximate surface area is 68.4 Å². The summed E-state index contributed by atoms with van der Waals surface area (Å²) < 4.78 is 0. The van der Waals surface area contributed by atoms with Crippen molar-refractivity contribution in [3.8, 4) is 6.07 Å². The summed E-state index contributed by atoms with van der Waals surface area (Å²) in [4.78, 5) is 0. The molecule has 1 aliphatic carbocycles. The largest absolute Gasteiger partial charge is 0.314 e. The lowest BCUT2D eigenvalue weighted by Gasteiger charge is -2.19. The van der Waals surface area contributed by atoms with Gasteiger partial charge in [-0.2, -0.15) is 5.26 Å². The molecule has 0 amide bonds. The van der Waals surface area contributed by atoms with Crippen LogP contribution in [-0.2, 0) is 0 Å². The molecule has 0 aromatic rings. The van der Waals surface area contributed by atoms with Crippen LogP contribution in [0.15, 0.2) is 0 Å². The quantitative estimate of drug-likeness (QED) is 0.656. The first-order valence-electron chi connectivity index (χ1n) is 4.34. The molecule has 0 aromatic heterocycles. The van der Waals surface area contributed by atoms with Crippen molar-refractivity contribution in [1.29, 1.82) is 5.26 Å². The summed E-state index contributed by atoms with van der Waals surface area (Å²) in [7, 11) is 0. The van der Waals surface area contributed by atoms with E-state index in [4.69, 9.17) is 11.0 Å². The molecule has 2 heteroatoms. The Morgan fingerprint density at radius 3 is 2.55 bits per heavy atom. The van der Waals surface area contributed by atoms with Crippen LogP contribution in [0.2, 0.25) is 0 Å². The van der Waals surface area contributed by atoms with E-state index in [1.807, 2.05) is 6.92 Å². The average molecular weight is 152 g/mol. The lowest BCUT2D eigenvalue weighted by Crippen LogP contribution is -2.35. The highest BCUT2D eigenvalue weighted by molar-refractivity contribution is 5.02. The zero-order valence-electron chi connectivity index (χ0n) is 7.14. The van der Waals surface area contributed by atoms with E-state index in [0.717, 1.165) is 6.42 Å². The van der Waals surface area contributed by atoms with Crippen LogP contribution in [0.4, 0.5) is 0 Å². The van der Waals surface area contributed by atoms with Crippen LogP contribution in [0.25, 0.3) is 0 Å². The molecular weight excluding hydrogens is 136 g/mol. The predicted octanol–water partition coefficient (Wildman–Crippen LogP) is 1.81. The Balaban J connectivity index is 2.35. The van der Waals surface area contributed by atoms with Crippen molar-refractivity contribution in [1.82, 2.24) is 0 Å².